The van der Waals surface area contributed by atoms with Crippen LogP contribution in [0.4, 0.5) is 0 Å². The molecular weight excluding hydrogens is 717 g/mol. The zero-order valence-electron chi connectivity index (χ0n) is 37.3. The van der Waals surface area contributed by atoms with E-state index in [0.29, 0.717) is 25.9 Å². The highest BCUT2D eigenvalue weighted by Crippen LogP contribution is 2.11. The Morgan fingerprint density at radius 1 is 0.397 bits per heavy atom. The maximum atomic E-state index is 12.7. The van der Waals surface area contributed by atoms with E-state index in [-0.39, 0.29) is 25.2 Å². The van der Waals surface area contributed by atoms with Crippen LogP contribution in [-0.4, -0.2) is 37.9 Å². The molecule has 1 unspecified atom stereocenters. The molecule has 0 aliphatic carbocycles. The molecule has 0 aliphatic rings. The summed E-state index contributed by atoms with van der Waals surface area (Å²) in [5.74, 6) is -0.538. The average Bonchev–Trinajstić information content (AvgIpc) is 3.22. The van der Waals surface area contributed by atoms with E-state index >= 15 is 0 Å². The van der Waals surface area contributed by atoms with Gasteiger partial charge in [-0.2, -0.15) is 0 Å². The lowest BCUT2D eigenvalue weighted by Gasteiger charge is -2.18. The van der Waals surface area contributed by atoms with Crippen LogP contribution < -0.4 is 0 Å². The van der Waals surface area contributed by atoms with Crippen molar-refractivity contribution in [2.45, 2.75) is 181 Å². The lowest BCUT2D eigenvalue weighted by Crippen LogP contribution is -2.30. The molecule has 0 bridgehead atoms. The second-order valence-corrected chi connectivity index (χ2v) is 14.5. The van der Waals surface area contributed by atoms with Gasteiger partial charge >= 0.3 is 11.9 Å². The average molecular weight is 801 g/mol. The molecule has 0 saturated carbocycles. The van der Waals surface area contributed by atoms with E-state index in [0.717, 1.165) is 116 Å². The quantitative estimate of drug-likeness (QED) is 0.0351. The van der Waals surface area contributed by atoms with Gasteiger partial charge in [-0.25, -0.2) is 0 Å². The standard InChI is InChI=1S/C53H84O5/c1-4-7-10-13-16-19-22-25-26-27-30-33-36-39-42-45-48-56-49-51(58-53(55)47-44-41-38-35-32-29-24-21-18-15-12-9-6-3)50-57-52(54)46-43-40-37-34-31-28-23-20-17-14-11-8-5-2/h7-8,10-12,15-17,19-21,24-26,28,30-31,33,37,40,51H,4-6,9,13-14,18,22-23,27,29,32,34-36,38-39,41-50H2,1-3H3/b10-7-,11-8-,15-12-,19-16-,20-17-,24-21-,26-25-,31-28-,33-30-,40-37-. The van der Waals surface area contributed by atoms with Crippen LogP contribution in [0.1, 0.15) is 175 Å². The smallest absolute Gasteiger partial charge is 0.306 e. The molecule has 0 fully saturated rings. The van der Waals surface area contributed by atoms with Gasteiger partial charge in [0.25, 0.3) is 0 Å². The number of carbonyl (C=O) groups excluding carboxylic acids is 2. The molecule has 0 aliphatic heterocycles. The summed E-state index contributed by atoms with van der Waals surface area (Å²) in [5, 5.41) is 0. The lowest BCUT2D eigenvalue weighted by molar-refractivity contribution is -0.162. The Morgan fingerprint density at radius 2 is 0.810 bits per heavy atom. The van der Waals surface area contributed by atoms with Gasteiger partial charge in [-0.3, -0.25) is 9.59 Å². The molecule has 0 amide bonds. The fourth-order valence-corrected chi connectivity index (χ4v) is 5.61. The topological polar surface area (TPSA) is 61.8 Å². The van der Waals surface area contributed by atoms with Crippen molar-refractivity contribution >= 4 is 11.9 Å². The van der Waals surface area contributed by atoms with Crippen LogP contribution in [0.25, 0.3) is 0 Å². The third-order valence-corrected chi connectivity index (χ3v) is 8.96. The van der Waals surface area contributed by atoms with Crippen LogP contribution in [0.2, 0.25) is 0 Å². The van der Waals surface area contributed by atoms with Crippen LogP contribution in [0, 0.1) is 0 Å². The van der Waals surface area contributed by atoms with Crippen molar-refractivity contribution in [1.82, 2.24) is 0 Å². The summed E-state index contributed by atoms with van der Waals surface area (Å²) in [6.07, 6.45) is 66.4. The molecule has 58 heavy (non-hydrogen) atoms. The molecule has 1 atom stereocenters. The largest absolute Gasteiger partial charge is 0.462 e. The Kier molecular flexibility index (Phi) is 44.6. The normalized spacial score (nSPS) is 13.4. The van der Waals surface area contributed by atoms with Crippen molar-refractivity contribution in [1.29, 1.82) is 0 Å². The minimum Gasteiger partial charge on any atom is -0.462 e. The van der Waals surface area contributed by atoms with E-state index in [9.17, 15) is 9.59 Å². The first-order valence-corrected chi connectivity index (χ1v) is 23.1. The predicted molar refractivity (Wildman–Crippen MR) is 251 cm³/mol. The molecule has 0 radical (unpaired) electrons. The Labute approximate surface area is 356 Å². The monoisotopic (exact) mass is 801 g/mol. The first kappa shape index (κ1) is 54.3. The third kappa shape index (κ3) is 45.0. The molecule has 326 valence electrons. The van der Waals surface area contributed by atoms with Crippen LogP contribution in [0.15, 0.2) is 122 Å². The second kappa shape index (κ2) is 47.7. The summed E-state index contributed by atoms with van der Waals surface area (Å²) in [5.41, 5.74) is 0. The van der Waals surface area contributed by atoms with Crippen molar-refractivity contribution in [3.05, 3.63) is 122 Å². The Morgan fingerprint density at radius 3 is 1.31 bits per heavy atom. The summed E-state index contributed by atoms with van der Waals surface area (Å²) in [6.45, 7) is 7.34. The Balaban J connectivity index is 4.47. The molecule has 0 aromatic rings. The highest BCUT2D eigenvalue weighted by atomic mass is 16.6. The van der Waals surface area contributed by atoms with E-state index in [2.05, 4.69) is 136 Å². The van der Waals surface area contributed by atoms with E-state index in [4.69, 9.17) is 14.2 Å². The van der Waals surface area contributed by atoms with Crippen LogP contribution in [-0.2, 0) is 23.8 Å². The van der Waals surface area contributed by atoms with Crippen molar-refractivity contribution < 1.29 is 23.8 Å². The van der Waals surface area contributed by atoms with Gasteiger partial charge in [0.1, 0.15) is 6.61 Å². The number of hydrogen-bond donors (Lipinski definition) is 0. The molecule has 5 nitrogen and oxygen atoms in total. The van der Waals surface area contributed by atoms with Gasteiger partial charge in [-0.1, -0.05) is 174 Å². The highest BCUT2D eigenvalue weighted by Gasteiger charge is 2.17. The first-order valence-electron chi connectivity index (χ1n) is 23.1. The van der Waals surface area contributed by atoms with E-state index in [1.807, 2.05) is 6.08 Å². The number of rotatable bonds is 40. The zero-order chi connectivity index (χ0) is 42.1. The van der Waals surface area contributed by atoms with E-state index in [1.165, 1.54) is 19.3 Å². The van der Waals surface area contributed by atoms with Gasteiger partial charge in [0.15, 0.2) is 6.10 Å². The van der Waals surface area contributed by atoms with E-state index < -0.39 is 6.10 Å². The SMILES string of the molecule is CC/C=C\C/C=C\C/C=C\C/C=C\CCCCCOCC(COC(=O)CC/C=C\C/C=C\C/C=C\C/C=C\CC)OC(=O)CCCCCCC/C=C\C/C=C\CCC. The minimum absolute atomic E-state index is 0.0204. The van der Waals surface area contributed by atoms with Crippen molar-refractivity contribution in [2.75, 3.05) is 19.8 Å². The van der Waals surface area contributed by atoms with Crippen molar-refractivity contribution in [2.24, 2.45) is 0 Å². The molecule has 0 saturated heterocycles. The van der Waals surface area contributed by atoms with Gasteiger partial charge < -0.3 is 14.2 Å². The number of ether oxygens (including phenoxy) is 3. The number of esters is 2. The fraction of sp³-hybridized carbons (Fsp3) is 0.585. The second-order valence-electron chi connectivity index (χ2n) is 14.5. The van der Waals surface area contributed by atoms with Gasteiger partial charge in [-0.05, 0) is 109 Å². The summed E-state index contributed by atoms with van der Waals surface area (Å²) >= 11 is 0. The van der Waals surface area contributed by atoms with Gasteiger partial charge in [-0.15, -0.1) is 0 Å². The highest BCUT2D eigenvalue weighted by molar-refractivity contribution is 5.70. The maximum absolute atomic E-state index is 12.7. The summed E-state index contributed by atoms with van der Waals surface area (Å²) in [4.78, 5) is 25.2. The molecule has 0 N–H and O–H groups in total. The molecule has 0 heterocycles. The number of unbranched alkanes of at least 4 members (excludes halogenated alkanes) is 9. The van der Waals surface area contributed by atoms with Crippen LogP contribution in [0.3, 0.4) is 0 Å². The first-order chi connectivity index (χ1) is 28.6. The summed E-state index contributed by atoms with van der Waals surface area (Å²) in [7, 11) is 0. The molecule has 0 aromatic carbocycles. The van der Waals surface area contributed by atoms with Crippen LogP contribution >= 0.6 is 0 Å². The van der Waals surface area contributed by atoms with Crippen molar-refractivity contribution in [3.63, 3.8) is 0 Å². The Bertz CT molecular complexity index is 1220. The third-order valence-electron chi connectivity index (χ3n) is 8.96. The lowest BCUT2D eigenvalue weighted by atomic mass is 10.1. The molecule has 0 rings (SSSR count). The predicted octanol–water partition coefficient (Wildman–Crippen LogP) is 15.4. The maximum Gasteiger partial charge on any atom is 0.306 e. The number of hydrogen-bond acceptors (Lipinski definition) is 5. The number of carbonyl (C=O) groups is 2. The Hall–Kier alpha value is -3.70. The molecule has 0 aromatic heterocycles. The van der Waals surface area contributed by atoms with Crippen LogP contribution in [0.5, 0.6) is 0 Å². The summed E-state index contributed by atoms with van der Waals surface area (Å²) < 4.78 is 17.2. The molecule has 0 spiro atoms. The molecular formula is C53H84O5. The summed E-state index contributed by atoms with van der Waals surface area (Å²) in [6, 6.07) is 0. The molecule has 5 heteroatoms. The minimum atomic E-state index is -0.596. The van der Waals surface area contributed by atoms with Gasteiger partial charge in [0.2, 0.25) is 0 Å². The van der Waals surface area contributed by atoms with Gasteiger partial charge in [0.05, 0.1) is 6.61 Å². The zero-order valence-corrected chi connectivity index (χ0v) is 37.3. The number of allylic oxidation sites excluding steroid dienone is 20. The van der Waals surface area contributed by atoms with E-state index in [1.54, 1.807) is 0 Å². The van der Waals surface area contributed by atoms with Gasteiger partial charge in [0, 0.05) is 19.4 Å². The van der Waals surface area contributed by atoms with Crippen molar-refractivity contribution in [3.8, 4) is 0 Å². The fourth-order valence-electron chi connectivity index (χ4n) is 5.61.